The smallest absolute Gasteiger partial charge is 0.336 e. The Balaban J connectivity index is 2.08. The van der Waals surface area contributed by atoms with E-state index in [0.717, 1.165) is 0 Å². The monoisotopic (exact) mass is 452 g/mol. The Bertz CT molecular complexity index is 1130. The summed E-state index contributed by atoms with van der Waals surface area (Å²) in [5.41, 5.74) is 1.66. The minimum Gasteiger partial charge on any atom is -0.460 e. The lowest BCUT2D eigenvalue weighted by atomic mass is 9.80. The molecule has 2 heterocycles. The number of nitrogens with zero attached hydrogens (tertiary/aromatic N) is 2. The molecule has 1 atom stereocenters. The lowest BCUT2D eigenvalue weighted by Gasteiger charge is -2.30. The molecule has 2 N–H and O–H groups in total. The van der Waals surface area contributed by atoms with E-state index in [0.29, 0.717) is 22.8 Å². The number of allylic oxidation sites excluding steroid dienone is 2. The number of nitro groups is 1. The Morgan fingerprint density at radius 1 is 1.12 bits per heavy atom. The number of nitrogens with one attached hydrogen (secondary N) is 2. The highest BCUT2D eigenvalue weighted by Gasteiger charge is 2.38. The first-order valence-electron chi connectivity index (χ1n) is 10.1. The molecule has 0 saturated carbocycles. The molecule has 0 aliphatic carbocycles. The largest absolute Gasteiger partial charge is 0.460 e. The Hall–Kier alpha value is -4.05. The predicted molar refractivity (Wildman–Crippen MR) is 120 cm³/mol. The van der Waals surface area contributed by atoms with Gasteiger partial charge in [-0.05, 0) is 31.5 Å². The molecule has 3 rings (SSSR count). The molecule has 0 bridgehead atoms. The van der Waals surface area contributed by atoms with E-state index in [4.69, 9.17) is 9.47 Å². The Labute approximate surface area is 190 Å². The number of ether oxygens (including phenoxy) is 2. The number of hydrogen-bond donors (Lipinski definition) is 2. The number of carbonyl (C=O) groups is 2. The zero-order valence-corrected chi connectivity index (χ0v) is 18.5. The van der Waals surface area contributed by atoms with Gasteiger partial charge in [0.15, 0.2) is 0 Å². The van der Waals surface area contributed by atoms with Crippen LogP contribution in [0.4, 0.5) is 11.5 Å². The summed E-state index contributed by atoms with van der Waals surface area (Å²) in [5, 5.41) is 17.2. The second-order valence-corrected chi connectivity index (χ2v) is 7.29. The summed E-state index contributed by atoms with van der Waals surface area (Å²) < 4.78 is 10.3. The summed E-state index contributed by atoms with van der Waals surface area (Å²) in [7, 11) is 1.48. The van der Waals surface area contributed by atoms with Gasteiger partial charge in [0.25, 0.3) is 11.6 Å². The number of aromatic nitrogens is 1. The number of nitro benzene ring substituents is 1. The third kappa shape index (κ3) is 5.42. The number of esters is 1. The third-order valence-corrected chi connectivity index (χ3v) is 5.07. The number of amides is 1. The minimum atomic E-state index is -0.898. The van der Waals surface area contributed by atoms with Crippen LogP contribution in [-0.2, 0) is 19.1 Å². The van der Waals surface area contributed by atoms with E-state index in [9.17, 15) is 19.7 Å². The highest BCUT2D eigenvalue weighted by atomic mass is 16.6. The van der Waals surface area contributed by atoms with Crippen molar-refractivity contribution in [2.75, 3.05) is 25.6 Å². The van der Waals surface area contributed by atoms with Crippen molar-refractivity contribution in [3.8, 4) is 0 Å². The van der Waals surface area contributed by atoms with Crippen LogP contribution in [0.15, 0.2) is 71.2 Å². The molecule has 1 aliphatic heterocycles. The van der Waals surface area contributed by atoms with Crippen LogP contribution in [0.1, 0.15) is 25.3 Å². The summed E-state index contributed by atoms with van der Waals surface area (Å²) in [6.07, 6.45) is 1.54. The zero-order valence-electron chi connectivity index (χ0n) is 18.5. The van der Waals surface area contributed by atoms with Crippen molar-refractivity contribution in [3.63, 3.8) is 0 Å². The highest BCUT2D eigenvalue weighted by molar-refractivity contribution is 6.08. The van der Waals surface area contributed by atoms with E-state index in [2.05, 4.69) is 15.6 Å². The molecule has 2 aromatic rings. The normalized spacial score (nSPS) is 15.7. The SMILES string of the molecule is COCCOC(=O)C1=C(C)NC(C)=C(C(=O)Nc2ccccn2)[C@H]1c1cccc([N+](=O)[O-])c1. The van der Waals surface area contributed by atoms with Gasteiger partial charge < -0.3 is 20.1 Å². The molecular formula is C23H24N4O6. The number of benzene rings is 1. The van der Waals surface area contributed by atoms with Crippen molar-refractivity contribution in [1.29, 1.82) is 0 Å². The number of pyridine rings is 1. The minimum absolute atomic E-state index is 0.0198. The average Bonchev–Trinajstić information content (AvgIpc) is 2.79. The van der Waals surface area contributed by atoms with Crippen molar-refractivity contribution in [2.24, 2.45) is 0 Å². The lowest BCUT2D eigenvalue weighted by molar-refractivity contribution is -0.384. The molecule has 1 aliphatic rings. The van der Waals surface area contributed by atoms with Crippen LogP contribution in [0.3, 0.4) is 0 Å². The molecule has 1 aromatic heterocycles. The zero-order chi connectivity index (χ0) is 24.0. The second kappa shape index (κ2) is 10.5. The summed E-state index contributed by atoms with van der Waals surface area (Å²) in [4.78, 5) is 41.4. The van der Waals surface area contributed by atoms with E-state index >= 15 is 0 Å². The fourth-order valence-corrected chi connectivity index (χ4v) is 3.63. The molecule has 1 aromatic carbocycles. The van der Waals surface area contributed by atoms with Crippen molar-refractivity contribution in [2.45, 2.75) is 19.8 Å². The van der Waals surface area contributed by atoms with Crippen LogP contribution >= 0.6 is 0 Å². The van der Waals surface area contributed by atoms with Gasteiger partial charge in [0.2, 0.25) is 0 Å². The maximum atomic E-state index is 13.3. The molecule has 172 valence electrons. The number of carbonyl (C=O) groups excluding carboxylic acids is 2. The Morgan fingerprint density at radius 3 is 2.55 bits per heavy atom. The van der Waals surface area contributed by atoms with Crippen LogP contribution in [0, 0.1) is 10.1 Å². The standard InChI is InChI=1S/C23H24N4O6/c1-14-19(22(28)26-18-9-4-5-10-24-18)21(16-7-6-8-17(13-16)27(30)31)20(15(2)25-14)23(29)33-12-11-32-3/h4-10,13,21,25H,11-12H2,1-3H3,(H,24,26,28)/t21-/m1/s1. The number of non-ortho nitro benzene ring substituents is 1. The number of rotatable bonds is 8. The van der Waals surface area contributed by atoms with Gasteiger partial charge in [0.1, 0.15) is 12.4 Å². The van der Waals surface area contributed by atoms with Crippen LogP contribution in [-0.4, -0.2) is 42.1 Å². The molecule has 10 heteroatoms. The number of dihydropyridines is 1. The molecule has 10 nitrogen and oxygen atoms in total. The molecule has 0 unspecified atom stereocenters. The summed E-state index contributed by atoms with van der Waals surface area (Å²) >= 11 is 0. The van der Waals surface area contributed by atoms with E-state index in [1.807, 2.05) is 0 Å². The van der Waals surface area contributed by atoms with E-state index in [1.54, 1.807) is 38.1 Å². The first kappa shape index (κ1) is 23.6. The molecule has 0 fully saturated rings. The van der Waals surface area contributed by atoms with E-state index in [-0.39, 0.29) is 30.0 Å². The lowest BCUT2D eigenvalue weighted by Crippen LogP contribution is -2.34. The number of anilines is 1. The topological polar surface area (TPSA) is 133 Å². The number of hydrogen-bond acceptors (Lipinski definition) is 8. The number of methoxy groups -OCH3 is 1. The average molecular weight is 452 g/mol. The maximum absolute atomic E-state index is 13.3. The summed E-state index contributed by atoms with van der Waals surface area (Å²) in [6, 6.07) is 10.9. The van der Waals surface area contributed by atoms with Crippen LogP contribution in [0.5, 0.6) is 0 Å². The predicted octanol–water partition coefficient (Wildman–Crippen LogP) is 3.05. The van der Waals surface area contributed by atoms with Gasteiger partial charge in [-0.3, -0.25) is 14.9 Å². The van der Waals surface area contributed by atoms with Crippen LogP contribution in [0.25, 0.3) is 0 Å². The van der Waals surface area contributed by atoms with E-state index < -0.39 is 22.7 Å². The van der Waals surface area contributed by atoms with Crippen molar-refractivity contribution in [1.82, 2.24) is 10.3 Å². The van der Waals surface area contributed by atoms with Gasteiger partial charge in [0, 0.05) is 42.4 Å². The summed E-state index contributed by atoms with van der Waals surface area (Å²) in [6.45, 7) is 3.61. The van der Waals surface area contributed by atoms with Crippen LogP contribution < -0.4 is 10.6 Å². The van der Waals surface area contributed by atoms with Gasteiger partial charge in [-0.2, -0.15) is 0 Å². The highest BCUT2D eigenvalue weighted by Crippen LogP contribution is 2.40. The van der Waals surface area contributed by atoms with Crippen molar-refractivity contribution in [3.05, 3.63) is 86.9 Å². The molecule has 0 radical (unpaired) electrons. The molecule has 1 amide bonds. The van der Waals surface area contributed by atoms with Gasteiger partial charge in [0.05, 0.1) is 23.0 Å². The molecule has 33 heavy (non-hydrogen) atoms. The fraction of sp³-hybridized carbons (Fsp3) is 0.261. The van der Waals surface area contributed by atoms with Gasteiger partial charge in [-0.15, -0.1) is 0 Å². The Morgan fingerprint density at radius 2 is 1.88 bits per heavy atom. The van der Waals surface area contributed by atoms with Gasteiger partial charge in [-0.25, -0.2) is 9.78 Å². The van der Waals surface area contributed by atoms with Gasteiger partial charge >= 0.3 is 5.97 Å². The van der Waals surface area contributed by atoms with Crippen LogP contribution in [0.2, 0.25) is 0 Å². The van der Waals surface area contributed by atoms with Crippen molar-refractivity contribution >= 4 is 23.4 Å². The molecular weight excluding hydrogens is 428 g/mol. The van der Waals surface area contributed by atoms with Gasteiger partial charge in [-0.1, -0.05) is 18.2 Å². The fourth-order valence-electron chi connectivity index (χ4n) is 3.63. The first-order chi connectivity index (χ1) is 15.8. The molecule has 0 saturated heterocycles. The quantitative estimate of drug-likeness (QED) is 0.270. The molecule has 0 spiro atoms. The van der Waals surface area contributed by atoms with E-state index in [1.165, 1.54) is 31.5 Å². The van der Waals surface area contributed by atoms with Crippen molar-refractivity contribution < 1.29 is 24.0 Å². The maximum Gasteiger partial charge on any atom is 0.336 e. The second-order valence-electron chi connectivity index (χ2n) is 7.29. The first-order valence-corrected chi connectivity index (χ1v) is 10.1. The summed E-state index contributed by atoms with van der Waals surface area (Å²) in [5.74, 6) is -1.71. The Kier molecular flexibility index (Phi) is 7.52. The third-order valence-electron chi connectivity index (χ3n) is 5.07.